The van der Waals surface area contributed by atoms with Crippen LogP contribution in [0.5, 0.6) is 0 Å². The Kier molecular flexibility index (Phi) is 10.6. The molecule has 2 aliphatic heterocycles. The Morgan fingerprint density at radius 1 is 1.25 bits per heavy atom. The topological polar surface area (TPSA) is 72.0 Å². The molecule has 0 spiro atoms. The minimum absolute atomic E-state index is 0. The molecule has 7 heteroatoms. The molecule has 2 rings (SSSR count). The highest BCUT2D eigenvalue weighted by atomic mass is 127. The van der Waals surface area contributed by atoms with Gasteiger partial charge < -0.3 is 20.1 Å². The van der Waals surface area contributed by atoms with E-state index < -0.39 is 0 Å². The van der Waals surface area contributed by atoms with E-state index in [2.05, 4.69) is 15.6 Å². The van der Waals surface area contributed by atoms with Gasteiger partial charge >= 0.3 is 5.97 Å². The summed E-state index contributed by atoms with van der Waals surface area (Å²) in [7, 11) is 1.81. The molecule has 2 heterocycles. The minimum Gasteiger partial charge on any atom is -0.466 e. The van der Waals surface area contributed by atoms with Gasteiger partial charge in [-0.2, -0.15) is 0 Å². The number of ether oxygens (including phenoxy) is 2. The molecule has 0 amide bonds. The summed E-state index contributed by atoms with van der Waals surface area (Å²) in [5.74, 6) is 0.793. The number of carbonyl (C=O) groups is 1. The average Bonchev–Trinajstić information content (AvgIpc) is 3.15. The number of hydrogen-bond donors (Lipinski definition) is 2. The minimum atomic E-state index is -0.0803. The first kappa shape index (κ1) is 21.5. The first-order valence-corrected chi connectivity index (χ1v) is 9.01. The zero-order valence-electron chi connectivity index (χ0n) is 14.9. The molecular formula is C17H32IN3O3. The number of esters is 1. The monoisotopic (exact) mass is 453 g/mol. The SMILES string of the molecule is CCOC(=O)CCCCCCNC(=NC)NC1CC2CCC1O2.I. The molecule has 2 aliphatic rings. The fourth-order valence-corrected chi connectivity index (χ4v) is 3.35. The van der Waals surface area contributed by atoms with Crippen molar-refractivity contribution in [3.8, 4) is 0 Å². The third-order valence-electron chi connectivity index (χ3n) is 4.56. The Hall–Kier alpha value is -0.570. The van der Waals surface area contributed by atoms with Crippen molar-refractivity contribution in [1.82, 2.24) is 10.6 Å². The number of carbonyl (C=O) groups excluding carboxylic acids is 1. The molecule has 6 nitrogen and oxygen atoms in total. The normalized spacial score (nSPS) is 25.2. The van der Waals surface area contributed by atoms with Gasteiger partial charge in [-0.15, -0.1) is 24.0 Å². The lowest BCUT2D eigenvalue weighted by atomic mass is 9.96. The Bertz CT molecular complexity index is 407. The van der Waals surface area contributed by atoms with E-state index in [4.69, 9.17) is 9.47 Å². The fraction of sp³-hybridized carbons (Fsp3) is 0.882. The lowest BCUT2D eigenvalue weighted by molar-refractivity contribution is -0.143. The van der Waals surface area contributed by atoms with Crippen molar-refractivity contribution in [2.24, 2.45) is 4.99 Å². The van der Waals surface area contributed by atoms with Gasteiger partial charge in [0.1, 0.15) is 0 Å². The summed E-state index contributed by atoms with van der Waals surface area (Å²) < 4.78 is 10.8. The fourth-order valence-electron chi connectivity index (χ4n) is 3.35. The Labute approximate surface area is 162 Å². The van der Waals surface area contributed by atoms with E-state index in [0.717, 1.165) is 44.6 Å². The molecule has 0 aromatic rings. The van der Waals surface area contributed by atoms with E-state index in [1.54, 1.807) is 0 Å². The van der Waals surface area contributed by atoms with Gasteiger partial charge in [-0.1, -0.05) is 12.8 Å². The van der Waals surface area contributed by atoms with Gasteiger partial charge in [0, 0.05) is 20.0 Å². The summed E-state index contributed by atoms with van der Waals surface area (Å²) in [5.41, 5.74) is 0. The van der Waals surface area contributed by atoms with Gasteiger partial charge in [0.15, 0.2) is 5.96 Å². The number of halogens is 1. The zero-order valence-corrected chi connectivity index (χ0v) is 17.2. The number of rotatable bonds is 9. The molecule has 24 heavy (non-hydrogen) atoms. The van der Waals surface area contributed by atoms with E-state index in [0.29, 0.717) is 31.3 Å². The number of guanidine groups is 1. The number of fused-ring (bicyclic) bond motifs is 2. The maximum atomic E-state index is 11.2. The second-order valence-electron chi connectivity index (χ2n) is 6.33. The smallest absolute Gasteiger partial charge is 0.305 e. The molecule has 0 saturated carbocycles. The maximum Gasteiger partial charge on any atom is 0.305 e. The number of nitrogens with zero attached hydrogens (tertiary/aromatic N) is 1. The van der Waals surface area contributed by atoms with E-state index in [-0.39, 0.29) is 29.9 Å². The van der Waals surface area contributed by atoms with Crippen LogP contribution in [-0.4, -0.2) is 50.4 Å². The standard InChI is InChI=1S/C17H31N3O3.HI/c1-3-22-16(21)8-6-4-5-7-11-19-17(18-2)20-14-12-13-9-10-15(14)23-13;/h13-15H,3-12H2,1-2H3,(H2,18,19,20);1H. The summed E-state index contributed by atoms with van der Waals surface area (Å²) in [5, 5.41) is 6.85. The molecule has 3 atom stereocenters. The van der Waals surface area contributed by atoms with Crippen molar-refractivity contribution >= 4 is 35.9 Å². The number of nitrogens with one attached hydrogen (secondary N) is 2. The van der Waals surface area contributed by atoms with Crippen molar-refractivity contribution < 1.29 is 14.3 Å². The Morgan fingerprint density at radius 2 is 2.04 bits per heavy atom. The number of aliphatic imine (C=N–C) groups is 1. The second-order valence-corrected chi connectivity index (χ2v) is 6.33. The van der Waals surface area contributed by atoms with Crippen LogP contribution in [-0.2, 0) is 14.3 Å². The van der Waals surface area contributed by atoms with E-state index >= 15 is 0 Å². The molecule has 0 aromatic heterocycles. The largest absolute Gasteiger partial charge is 0.466 e. The Morgan fingerprint density at radius 3 is 2.67 bits per heavy atom. The quantitative estimate of drug-likeness (QED) is 0.185. The highest BCUT2D eigenvalue weighted by Gasteiger charge is 2.41. The predicted octanol–water partition coefficient (Wildman–Crippen LogP) is 2.60. The van der Waals surface area contributed by atoms with Crippen LogP contribution >= 0.6 is 24.0 Å². The first-order valence-electron chi connectivity index (χ1n) is 9.01. The summed E-state index contributed by atoms with van der Waals surface area (Å²) in [6.45, 7) is 3.22. The van der Waals surface area contributed by atoms with Gasteiger partial charge in [0.2, 0.25) is 0 Å². The number of unbranched alkanes of at least 4 members (excludes halogenated alkanes) is 3. The third kappa shape index (κ3) is 7.13. The molecular weight excluding hydrogens is 421 g/mol. The van der Waals surface area contributed by atoms with Gasteiger partial charge in [0.25, 0.3) is 0 Å². The van der Waals surface area contributed by atoms with E-state index in [9.17, 15) is 4.79 Å². The van der Waals surface area contributed by atoms with Crippen molar-refractivity contribution in [2.45, 2.75) is 76.5 Å². The molecule has 2 fully saturated rings. The lowest BCUT2D eigenvalue weighted by Crippen LogP contribution is -2.47. The van der Waals surface area contributed by atoms with Crippen LogP contribution in [0.4, 0.5) is 0 Å². The van der Waals surface area contributed by atoms with Crippen molar-refractivity contribution in [2.75, 3.05) is 20.2 Å². The molecule has 0 aromatic carbocycles. The molecule has 2 bridgehead atoms. The highest BCUT2D eigenvalue weighted by molar-refractivity contribution is 14.0. The van der Waals surface area contributed by atoms with Gasteiger partial charge in [-0.3, -0.25) is 9.79 Å². The highest BCUT2D eigenvalue weighted by Crippen LogP contribution is 2.34. The lowest BCUT2D eigenvalue weighted by Gasteiger charge is -2.22. The van der Waals surface area contributed by atoms with Gasteiger partial charge in [-0.25, -0.2) is 0 Å². The van der Waals surface area contributed by atoms with Crippen LogP contribution in [0.25, 0.3) is 0 Å². The first-order chi connectivity index (χ1) is 11.2. The van der Waals surface area contributed by atoms with Crippen LogP contribution < -0.4 is 10.6 Å². The second kappa shape index (κ2) is 11.9. The summed E-state index contributed by atoms with van der Waals surface area (Å²) in [6, 6.07) is 0.407. The zero-order chi connectivity index (χ0) is 16.5. The van der Waals surface area contributed by atoms with Crippen LogP contribution in [0.1, 0.15) is 58.3 Å². The molecule has 3 unspecified atom stereocenters. The predicted molar refractivity (Wildman–Crippen MR) is 106 cm³/mol. The van der Waals surface area contributed by atoms with Crippen LogP contribution in [0, 0.1) is 0 Å². The maximum absolute atomic E-state index is 11.2. The Balaban J connectivity index is 0.00000288. The van der Waals surface area contributed by atoms with Crippen LogP contribution in [0.15, 0.2) is 4.99 Å². The van der Waals surface area contributed by atoms with Gasteiger partial charge in [-0.05, 0) is 39.0 Å². The molecule has 0 aliphatic carbocycles. The summed E-state index contributed by atoms with van der Waals surface area (Å²) >= 11 is 0. The molecule has 2 saturated heterocycles. The molecule has 140 valence electrons. The molecule has 2 N–H and O–H groups in total. The van der Waals surface area contributed by atoms with Crippen LogP contribution in [0.3, 0.4) is 0 Å². The van der Waals surface area contributed by atoms with E-state index in [1.807, 2.05) is 14.0 Å². The number of hydrogen-bond acceptors (Lipinski definition) is 4. The molecule has 0 radical (unpaired) electrons. The average molecular weight is 453 g/mol. The van der Waals surface area contributed by atoms with Crippen LogP contribution in [0.2, 0.25) is 0 Å². The third-order valence-corrected chi connectivity index (χ3v) is 4.56. The van der Waals surface area contributed by atoms with Crippen molar-refractivity contribution in [1.29, 1.82) is 0 Å². The van der Waals surface area contributed by atoms with Crippen molar-refractivity contribution in [3.05, 3.63) is 0 Å². The van der Waals surface area contributed by atoms with Gasteiger partial charge in [0.05, 0.1) is 24.9 Å². The summed E-state index contributed by atoms with van der Waals surface area (Å²) in [4.78, 5) is 15.5. The summed E-state index contributed by atoms with van der Waals surface area (Å²) in [6.07, 6.45) is 8.99. The van der Waals surface area contributed by atoms with Crippen molar-refractivity contribution in [3.63, 3.8) is 0 Å². The van der Waals surface area contributed by atoms with E-state index in [1.165, 1.54) is 12.8 Å².